The summed E-state index contributed by atoms with van der Waals surface area (Å²) in [6.45, 7) is 0.535. The van der Waals surface area contributed by atoms with Crippen molar-refractivity contribution < 1.29 is 18.3 Å². The zero-order valence-corrected chi connectivity index (χ0v) is 15.2. The van der Waals surface area contributed by atoms with Gasteiger partial charge in [0.25, 0.3) is 0 Å². The maximum Gasteiger partial charge on any atom is 0.240 e. The summed E-state index contributed by atoms with van der Waals surface area (Å²) in [5, 5.41) is 11.0. The summed E-state index contributed by atoms with van der Waals surface area (Å²) >= 11 is 1.61. The van der Waals surface area contributed by atoms with Gasteiger partial charge >= 0.3 is 0 Å². The Bertz CT molecular complexity index is 913. The highest BCUT2D eigenvalue weighted by Gasteiger charge is 2.36. The van der Waals surface area contributed by atoms with Crippen molar-refractivity contribution in [2.75, 3.05) is 18.9 Å². The van der Waals surface area contributed by atoms with E-state index in [1.807, 2.05) is 24.3 Å². The number of ether oxygens (including phenoxy) is 1. The molecule has 0 bridgehead atoms. The Labute approximate surface area is 151 Å². The number of thioether (sulfide) groups is 1. The molecular formula is C18H19NO4S2. The molecule has 0 saturated heterocycles. The number of rotatable bonds is 4. The number of nitrogens with one attached hydrogen (secondary N) is 1. The first-order chi connectivity index (χ1) is 12.0. The van der Waals surface area contributed by atoms with Crippen LogP contribution in [0, 0.1) is 0 Å². The minimum Gasteiger partial charge on any atom is -0.493 e. The summed E-state index contributed by atoms with van der Waals surface area (Å²) in [6.07, 6.45) is 0.715. The molecule has 2 aliphatic rings. The zero-order valence-electron chi connectivity index (χ0n) is 13.6. The van der Waals surface area contributed by atoms with Gasteiger partial charge in [-0.25, -0.2) is 13.1 Å². The molecule has 0 radical (unpaired) electrons. The second-order valence-corrected chi connectivity index (χ2v) is 9.13. The van der Waals surface area contributed by atoms with Crippen molar-refractivity contribution in [1.29, 1.82) is 0 Å². The second kappa shape index (κ2) is 6.32. The lowest BCUT2D eigenvalue weighted by atomic mass is 9.91. The molecule has 25 heavy (non-hydrogen) atoms. The fraction of sp³-hybridized carbons (Fsp3) is 0.333. The van der Waals surface area contributed by atoms with Crippen LogP contribution in [0.15, 0.2) is 47.4 Å². The van der Waals surface area contributed by atoms with Crippen molar-refractivity contribution in [3.63, 3.8) is 0 Å². The Kier molecular flexibility index (Phi) is 4.27. The van der Waals surface area contributed by atoms with Crippen molar-refractivity contribution >= 4 is 21.8 Å². The van der Waals surface area contributed by atoms with Gasteiger partial charge in [-0.15, -0.1) is 0 Å². The molecule has 0 aliphatic carbocycles. The molecule has 4 rings (SSSR count). The lowest BCUT2D eigenvalue weighted by Gasteiger charge is -2.34. The molecule has 2 aliphatic heterocycles. The Hall–Kier alpha value is -1.54. The largest absolute Gasteiger partial charge is 0.493 e. The molecule has 2 heterocycles. The van der Waals surface area contributed by atoms with Gasteiger partial charge in [0.15, 0.2) is 0 Å². The van der Waals surface area contributed by atoms with Crippen molar-refractivity contribution in [2.45, 2.75) is 22.7 Å². The van der Waals surface area contributed by atoms with Gasteiger partial charge in [-0.2, -0.15) is 11.8 Å². The maximum atomic E-state index is 12.7. The molecule has 0 fully saturated rings. The van der Waals surface area contributed by atoms with E-state index >= 15 is 0 Å². The van der Waals surface area contributed by atoms with Crippen LogP contribution in [0.5, 0.6) is 5.75 Å². The average molecular weight is 377 g/mol. The van der Waals surface area contributed by atoms with Gasteiger partial charge in [0.1, 0.15) is 11.4 Å². The van der Waals surface area contributed by atoms with E-state index in [4.69, 9.17) is 4.74 Å². The van der Waals surface area contributed by atoms with Crippen LogP contribution >= 0.6 is 11.8 Å². The smallest absolute Gasteiger partial charge is 0.240 e. The van der Waals surface area contributed by atoms with Crippen molar-refractivity contribution in [3.05, 3.63) is 59.2 Å². The number of aliphatic hydroxyl groups is 1. The van der Waals surface area contributed by atoms with E-state index in [1.165, 1.54) is 0 Å². The SMILES string of the molecule is O=S(=O)(NCC1(O)CSCc2ccccc21)c1ccc2c(c1)CCO2. The summed E-state index contributed by atoms with van der Waals surface area (Å²) in [5.41, 5.74) is 1.56. The number of fused-ring (bicyclic) bond motifs is 2. The maximum absolute atomic E-state index is 12.7. The molecule has 0 amide bonds. The quantitative estimate of drug-likeness (QED) is 0.853. The number of sulfonamides is 1. The molecule has 2 N–H and O–H groups in total. The number of benzene rings is 2. The third kappa shape index (κ3) is 3.17. The molecule has 5 nitrogen and oxygen atoms in total. The average Bonchev–Trinajstić information content (AvgIpc) is 3.08. The Morgan fingerprint density at radius 3 is 2.92 bits per heavy atom. The molecule has 1 atom stereocenters. The van der Waals surface area contributed by atoms with E-state index in [-0.39, 0.29) is 11.4 Å². The van der Waals surface area contributed by atoms with Gasteiger partial charge in [-0.05, 0) is 34.9 Å². The highest BCUT2D eigenvalue weighted by atomic mass is 32.2. The van der Waals surface area contributed by atoms with Gasteiger partial charge in [-0.3, -0.25) is 0 Å². The van der Waals surface area contributed by atoms with Crippen LogP contribution in [0.25, 0.3) is 0 Å². The predicted molar refractivity (Wildman–Crippen MR) is 97.3 cm³/mol. The van der Waals surface area contributed by atoms with Crippen LogP contribution < -0.4 is 9.46 Å². The topological polar surface area (TPSA) is 75.6 Å². The minimum absolute atomic E-state index is 0.0487. The fourth-order valence-electron chi connectivity index (χ4n) is 3.28. The van der Waals surface area contributed by atoms with Crippen molar-refractivity contribution in [2.24, 2.45) is 0 Å². The molecular weight excluding hydrogens is 358 g/mol. The first-order valence-corrected chi connectivity index (χ1v) is 10.8. The Morgan fingerprint density at radius 1 is 1.20 bits per heavy atom. The highest BCUT2D eigenvalue weighted by molar-refractivity contribution is 7.98. The third-order valence-corrected chi connectivity index (χ3v) is 7.24. The molecule has 0 saturated carbocycles. The van der Waals surface area contributed by atoms with Gasteiger partial charge in [0, 0.05) is 24.5 Å². The van der Waals surface area contributed by atoms with Crippen LogP contribution in [0.4, 0.5) is 0 Å². The van der Waals surface area contributed by atoms with Crippen molar-refractivity contribution in [3.8, 4) is 5.75 Å². The summed E-state index contributed by atoms with van der Waals surface area (Å²) in [4.78, 5) is 0.206. The normalized spacial score (nSPS) is 22.1. The Morgan fingerprint density at radius 2 is 2.04 bits per heavy atom. The van der Waals surface area contributed by atoms with Gasteiger partial charge in [-0.1, -0.05) is 24.3 Å². The van der Waals surface area contributed by atoms with E-state index in [1.54, 1.807) is 30.0 Å². The number of hydrogen-bond donors (Lipinski definition) is 2. The van der Waals surface area contributed by atoms with Crippen LogP contribution in [-0.4, -0.2) is 32.4 Å². The van der Waals surface area contributed by atoms with E-state index in [2.05, 4.69) is 4.72 Å². The summed E-state index contributed by atoms with van der Waals surface area (Å²) in [6, 6.07) is 12.5. The highest BCUT2D eigenvalue weighted by Crippen LogP contribution is 2.36. The third-order valence-electron chi connectivity index (χ3n) is 4.64. The first kappa shape index (κ1) is 16.9. The number of hydrogen-bond acceptors (Lipinski definition) is 5. The molecule has 2 aromatic carbocycles. The monoisotopic (exact) mass is 377 g/mol. The van der Waals surface area contributed by atoms with Gasteiger partial charge < -0.3 is 9.84 Å². The summed E-state index contributed by atoms with van der Waals surface area (Å²) < 4.78 is 33.3. The second-order valence-electron chi connectivity index (χ2n) is 6.37. The molecule has 2 aromatic rings. The lowest BCUT2D eigenvalue weighted by molar-refractivity contribution is 0.0659. The molecule has 0 aromatic heterocycles. The van der Waals surface area contributed by atoms with Crippen LogP contribution in [0.3, 0.4) is 0 Å². The van der Waals surface area contributed by atoms with E-state index in [0.717, 1.165) is 28.2 Å². The summed E-state index contributed by atoms with van der Waals surface area (Å²) in [5.74, 6) is 2.04. The van der Waals surface area contributed by atoms with Gasteiger partial charge in [0.2, 0.25) is 10.0 Å². The van der Waals surface area contributed by atoms with E-state index in [9.17, 15) is 13.5 Å². The molecule has 1 unspecified atom stereocenters. The van der Waals surface area contributed by atoms with Crippen LogP contribution in [0.2, 0.25) is 0 Å². The fourth-order valence-corrected chi connectivity index (χ4v) is 5.59. The van der Waals surface area contributed by atoms with Crippen molar-refractivity contribution in [1.82, 2.24) is 4.72 Å². The zero-order chi connectivity index (χ0) is 17.5. The summed E-state index contributed by atoms with van der Waals surface area (Å²) in [7, 11) is -3.70. The Balaban J connectivity index is 1.57. The molecule has 0 spiro atoms. The van der Waals surface area contributed by atoms with Gasteiger partial charge in [0.05, 0.1) is 11.5 Å². The predicted octanol–water partition coefficient (Wildman–Crippen LogP) is 2.03. The van der Waals surface area contributed by atoms with Crippen LogP contribution in [0.1, 0.15) is 16.7 Å². The lowest BCUT2D eigenvalue weighted by Crippen LogP contribution is -2.44. The molecule has 7 heteroatoms. The van der Waals surface area contributed by atoms with E-state index < -0.39 is 15.6 Å². The van der Waals surface area contributed by atoms with E-state index in [0.29, 0.717) is 18.8 Å². The molecule has 132 valence electrons. The van der Waals surface area contributed by atoms with Crippen LogP contribution in [-0.2, 0) is 27.8 Å². The standard InChI is InChI=1S/C18H19NO4S2/c20-18(12-24-10-14-3-1-2-4-16(14)18)11-19-25(21,22)15-5-6-17-13(9-15)7-8-23-17/h1-6,9,19-20H,7-8,10-12H2. The first-order valence-electron chi connectivity index (χ1n) is 8.12. The minimum atomic E-state index is -3.70.